The molecule has 0 saturated carbocycles. The van der Waals surface area contributed by atoms with E-state index in [1.54, 1.807) is 6.08 Å². The molecule has 0 bridgehead atoms. The molecular weight excluding hydrogens is 316 g/mol. The zero-order valence-electron chi connectivity index (χ0n) is 18.8. The van der Waals surface area contributed by atoms with Gasteiger partial charge in [0.2, 0.25) is 0 Å². The van der Waals surface area contributed by atoms with Gasteiger partial charge in [-0.25, -0.2) is 4.98 Å². The van der Waals surface area contributed by atoms with Crippen molar-refractivity contribution >= 4 is 17.9 Å². The minimum atomic E-state index is -1.42. The van der Waals surface area contributed by atoms with Gasteiger partial charge in [0.05, 0.1) is 24.6 Å². The van der Waals surface area contributed by atoms with Crippen LogP contribution in [0.2, 0.25) is 0 Å². The fourth-order valence-corrected chi connectivity index (χ4v) is 2.41. The van der Waals surface area contributed by atoms with Crippen LogP contribution in [-0.2, 0) is 15.0 Å². The fourth-order valence-electron chi connectivity index (χ4n) is 2.41. The summed E-state index contributed by atoms with van der Waals surface area (Å²) in [5.41, 5.74) is 0.302. The summed E-state index contributed by atoms with van der Waals surface area (Å²) in [6, 6.07) is -4.25. The van der Waals surface area contributed by atoms with Gasteiger partial charge in [0.15, 0.2) is 0 Å². The number of nitrogens with zero attached hydrogens (tertiary/aromatic N) is 1. The molecule has 128 valence electrons. The SMILES string of the molecule is [2H]c1c([2H])c([2H])c([C@H]2NC(=O)/C(=C/c3nc[nH]c3C(C)(C)C=C)NC2=O)c([2H])c1[2H]. The van der Waals surface area contributed by atoms with Crippen LogP contribution in [0.1, 0.15) is 43.7 Å². The highest BCUT2D eigenvalue weighted by Gasteiger charge is 2.31. The Kier molecular flexibility index (Phi) is 2.92. The molecule has 2 amide bonds. The monoisotopic (exact) mass is 341 g/mol. The number of rotatable bonds is 4. The zero-order chi connectivity index (χ0) is 22.4. The lowest BCUT2D eigenvalue weighted by Crippen LogP contribution is -2.49. The highest BCUT2D eigenvalue weighted by Crippen LogP contribution is 2.26. The molecule has 1 saturated heterocycles. The number of carbonyl (C=O) groups excluding carboxylic acids is 2. The van der Waals surface area contributed by atoms with E-state index in [0.29, 0.717) is 11.4 Å². The van der Waals surface area contributed by atoms with Gasteiger partial charge in [-0.2, -0.15) is 0 Å². The number of aromatic amines is 1. The van der Waals surface area contributed by atoms with Crippen molar-refractivity contribution in [3.8, 4) is 0 Å². The van der Waals surface area contributed by atoms with Gasteiger partial charge in [-0.15, -0.1) is 6.58 Å². The predicted molar refractivity (Wildman–Crippen MR) is 95.3 cm³/mol. The van der Waals surface area contributed by atoms with Crippen LogP contribution in [-0.4, -0.2) is 21.8 Å². The molecule has 6 heteroatoms. The third kappa shape index (κ3) is 3.24. The lowest BCUT2D eigenvalue weighted by atomic mass is 9.88. The number of hydrogen-bond donors (Lipinski definition) is 3. The van der Waals surface area contributed by atoms with Crippen molar-refractivity contribution < 1.29 is 16.4 Å². The molecule has 0 unspecified atom stereocenters. The highest BCUT2D eigenvalue weighted by molar-refractivity contribution is 6.07. The molecule has 0 spiro atoms. The maximum Gasteiger partial charge on any atom is 0.268 e. The summed E-state index contributed by atoms with van der Waals surface area (Å²) >= 11 is 0. The number of piperazine rings is 1. The minimum absolute atomic E-state index is 0.0724. The van der Waals surface area contributed by atoms with Crippen molar-refractivity contribution in [2.24, 2.45) is 0 Å². The number of imidazole rings is 1. The third-order valence-electron chi connectivity index (χ3n) is 3.95. The van der Waals surface area contributed by atoms with E-state index < -0.39 is 53.5 Å². The number of amides is 2. The maximum atomic E-state index is 12.7. The van der Waals surface area contributed by atoms with E-state index in [0.717, 1.165) is 0 Å². The largest absolute Gasteiger partial charge is 0.347 e. The summed E-state index contributed by atoms with van der Waals surface area (Å²) in [5.74, 6) is -1.39. The average molecular weight is 341 g/mol. The Balaban J connectivity index is 1.98. The Morgan fingerprint density at radius 2 is 2.00 bits per heavy atom. The Morgan fingerprint density at radius 3 is 2.68 bits per heavy atom. The number of carbonyl (C=O) groups is 2. The Hall–Kier alpha value is -3.15. The topological polar surface area (TPSA) is 86.9 Å². The van der Waals surface area contributed by atoms with Crippen molar-refractivity contribution in [1.29, 1.82) is 0 Å². The van der Waals surface area contributed by atoms with E-state index in [2.05, 4.69) is 27.2 Å². The molecule has 3 rings (SSSR count). The Bertz CT molecular complexity index is 1080. The van der Waals surface area contributed by atoms with Crippen molar-refractivity contribution in [2.75, 3.05) is 0 Å². The molecule has 1 aliphatic heterocycles. The lowest BCUT2D eigenvalue weighted by Gasteiger charge is -2.25. The zero-order valence-corrected chi connectivity index (χ0v) is 13.8. The first-order valence-electron chi connectivity index (χ1n) is 10.1. The minimum Gasteiger partial charge on any atom is -0.347 e. The summed E-state index contributed by atoms with van der Waals surface area (Å²) < 4.78 is 39.2. The molecular formula is C19H20N4O2. The van der Waals surface area contributed by atoms with Crippen LogP contribution >= 0.6 is 0 Å². The van der Waals surface area contributed by atoms with Crippen LogP contribution in [0.15, 0.2) is 54.9 Å². The standard InChI is InChI=1S/C19H20N4O2/c1-4-19(2,3)16-13(20-11-21-16)10-14-17(24)23-15(18(25)22-14)12-8-6-5-7-9-12/h4-11,15H,1H2,2-3H3,(H,20,21)(H,22,25)(H,23,24)/b14-10-/t15-/m1/s1/i5D,6D,7D,8D,9D. The number of aromatic nitrogens is 2. The number of benzene rings is 1. The number of allylic oxidation sites excluding steroid dienone is 1. The maximum absolute atomic E-state index is 12.7. The third-order valence-corrected chi connectivity index (χ3v) is 3.95. The second-order valence-electron chi connectivity index (χ2n) is 6.08. The van der Waals surface area contributed by atoms with Crippen molar-refractivity contribution in [3.05, 3.63) is 71.8 Å². The van der Waals surface area contributed by atoms with Gasteiger partial charge in [-0.3, -0.25) is 9.59 Å². The quantitative estimate of drug-likeness (QED) is 0.588. The van der Waals surface area contributed by atoms with Gasteiger partial charge >= 0.3 is 0 Å². The second-order valence-corrected chi connectivity index (χ2v) is 6.08. The average Bonchev–Trinajstić information content (AvgIpc) is 3.17. The second kappa shape index (κ2) is 6.39. The van der Waals surface area contributed by atoms with Crippen molar-refractivity contribution in [1.82, 2.24) is 20.6 Å². The van der Waals surface area contributed by atoms with Gasteiger partial charge in [-0.05, 0) is 11.6 Å². The van der Waals surface area contributed by atoms with Gasteiger partial charge in [-0.1, -0.05) is 50.1 Å². The van der Waals surface area contributed by atoms with Crippen LogP contribution in [0, 0.1) is 0 Å². The summed E-state index contributed by atoms with van der Waals surface area (Å²) in [6.45, 7) is 7.60. The van der Waals surface area contributed by atoms with E-state index in [4.69, 9.17) is 6.85 Å². The predicted octanol–water partition coefficient (Wildman–Crippen LogP) is 2.20. The molecule has 6 nitrogen and oxygen atoms in total. The lowest BCUT2D eigenvalue weighted by molar-refractivity contribution is -0.131. The van der Waals surface area contributed by atoms with Gasteiger partial charge in [0.1, 0.15) is 11.7 Å². The molecule has 1 aliphatic rings. The molecule has 1 atom stereocenters. The molecule has 1 fully saturated rings. The molecule has 25 heavy (non-hydrogen) atoms. The Morgan fingerprint density at radius 1 is 1.28 bits per heavy atom. The van der Waals surface area contributed by atoms with E-state index >= 15 is 0 Å². The number of H-pyrrole nitrogens is 1. The van der Waals surface area contributed by atoms with Crippen LogP contribution in [0.4, 0.5) is 0 Å². The van der Waals surface area contributed by atoms with Crippen molar-refractivity contribution in [2.45, 2.75) is 25.3 Å². The molecule has 1 aromatic heterocycles. The van der Waals surface area contributed by atoms with Gasteiger partial charge < -0.3 is 15.6 Å². The van der Waals surface area contributed by atoms with Crippen molar-refractivity contribution in [3.63, 3.8) is 0 Å². The fraction of sp³-hybridized carbons (Fsp3) is 0.211. The smallest absolute Gasteiger partial charge is 0.268 e. The molecule has 0 radical (unpaired) electrons. The first-order valence-corrected chi connectivity index (χ1v) is 7.57. The van der Waals surface area contributed by atoms with E-state index in [-0.39, 0.29) is 11.3 Å². The number of nitrogens with one attached hydrogen (secondary N) is 3. The van der Waals surface area contributed by atoms with E-state index in [9.17, 15) is 9.59 Å². The summed E-state index contributed by atoms with van der Waals surface area (Å²) in [5, 5.41) is 4.88. The number of hydrogen-bond acceptors (Lipinski definition) is 3. The summed E-state index contributed by atoms with van der Waals surface area (Å²) in [6.07, 6.45) is 4.59. The highest BCUT2D eigenvalue weighted by atomic mass is 16.2. The van der Waals surface area contributed by atoms with Crippen LogP contribution in [0.5, 0.6) is 0 Å². The summed E-state index contributed by atoms with van der Waals surface area (Å²) in [7, 11) is 0. The Labute approximate surface area is 153 Å². The molecule has 2 aromatic rings. The van der Waals surface area contributed by atoms with Gasteiger partial charge in [0.25, 0.3) is 11.8 Å². The molecule has 1 aromatic carbocycles. The van der Waals surface area contributed by atoms with Crippen LogP contribution in [0.25, 0.3) is 6.08 Å². The summed E-state index contributed by atoms with van der Waals surface area (Å²) in [4.78, 5) is 32.5. The van der Waals surface area contributed by atoms with Gasteiger partial charge in [0, 0.05) is 5.41 Å². The molecule has 0 aliphatic carbocycles. The molecule has 3 N–H and O–H groups in total. The molecule has 2 heterocycles. The van der Waals surface area contributed by atoms with Crippen LogP contribution < -0.4 is 10.6 Å². The normalized spacial score (nSPS) is 22.2. The van der Waals surface area contributed by atoms with Crippen LogP contribution in [0.3, 0.4) is 0 Å². The van der Waals surface area contributed by atoms with E-state index in [1.807, 2.05) is 13.8 Å². The van der Waals surface area contributed by atoms with E-state index in [1.165, 1.54) is 12.4 Å². The first-order chi connectivity index (χ1) is 14.0. The first kappa shape index (κ1) is 11.4.